The molecule has 0 bridgehead atoms. The molecule has 0 aliphatic heterocycles. The standard InChI is InChI=1S/C14H21O6P.2Na/c1-9(2)11-6-5-7-12(10(3)4)14(11)20-13(15)8-19-21(16,17)18;;/h5-7,9-10H,8H2,1-4H3,(H2,16,17,18);;/q;2*+1/p-2. The predicted molar refractivity (Wildman–Crippen MR) is 73.8 cm³/mol. The number of para-hydroxylation sites is 1. The molecule has 0 aromatic heterocycles. The summed E-state index contributed by atoms with van der Waals surface area (Å²) < 4.78 is 19.5. The number of rotatable bonds is 6. The van der Waals surface area contributed by atoms with Gasteiger partial charge >= 0.3 is 65.1 Å². The maximum absolute atomic E-state index is 11.7. The summed E-state index contributed by atoms with van der Waals surface area (Å²) in [4.78, 5) is 32.4. The first-order valence-electron chi connectivity index (χ1n) is 6.62. The van der Waals surface area contributed by atoms with E-state index in [0.717, 1.165) is 11.1 Å². The Labute approximate surface area is 181 Å². The third-order valence-corrected chi connectivity index (χ3v) is 3.32. The zero-order valence-corrected chi connectivity index (χ0v) is 19.4. The predicted octanol–water partition coefficient (Wildman–Crippen LogP) is -4.31. The Kier molecular flexibility index (Phi) is 12.9. The molecule has 0 aliphatic carbocycles. The van der Waals surface area contributed by atoms with Crippen molar-refractivity contribution in [2.24, 2.45) is 0 Å². The Hall–Kier alpha value is 0.800. The van der Waals surface area contributed by atoms with Crippen LogP contribution in [0.3, 0.4) is 0 Å². The van der Waals surface area contributed by atoms with Crippen LogP contribution in [0.5, 0.6) is 5.75 Å². The fourth-order valence-corrected chi connectivity index (χ4v) is 2.14. The Morgan fingerprint density at radius 2 is 1.52 bits per heavy atom. The number of ether oxygens (including phenoxy) is 1. The molecule has 9 heteroatoms. The molecule has 0 fully saturated rings. The molecule has 0 amide bonds. The van der Waals surface area contributed by atoms with Crippen molar-refractivity contribution >= 4 is 13.8 Å². The Bertz CT molecular complexity index is 530. The average molecular weight is 360 g/mol. The monoisotopic (exact) mass is 360 g/mol. The van der Waals surface area contributed by atoms with E-state index in [4.69, 9.17) is 4.74 Å². The molecule has 118 valence electrons. The summed E-state index contributed by atoms with van der Waals surface area (Å²) in [5, 5.41) is 0. The minimum atomic E-state index is -5.19. The van der Waals surface area contributed by atoms with Gasteiger partial charge in [-0.25, -0.2) is 4.79 Å². The minimum absolute atomic E-state index is 0. The van der Waals surface area contributed by atoms with Crippen LogP contribution in [0.2, 0.25) is 0 Å². The number of esters is 1. The fourth-order valence-electron chi connectivity index (χ4n) is 1.88. The van der Waals surface area contributed by atoms with E-state index in [1.165, 1.54) is 0 Å². The van der Waals surface area contributed by atoms with Gasteiger partial charge in [0.1, 0.15) is 12.4 Å². The van der Waals surface area contributed by atoms with E-state index in [2.05, 4.69) is 4.52 Å². The molecule has 0 aliphatic rings. The maximum atomic E-state index is 11.7. The second-order valence-electron chi connectivity index (χ2n) is 5.27. The molecule has 0 atom stereocenters. The van der Waals surface area contributed by atoms with E-state index in [0.29, 0.717) is 5.75 Å². The minimum Gasteiger partial charge on any atom is -0.790 e. The van der Waals surface area contributed by atoms with Gasteiger partial charge in [0.05, 0.1) is 7.82 Å². The van der Waals surface area contributed by atoms with Crippen LogP contribution in [-0.2, 0) is 13.9 Å². The van der Waals surface area contributed by atoms with E-state index in [9.17, 15) is 19.1 Å². The van der Waals surface area contributed by atoms with Gasteiger partial charge in [-0.1, -0.05) is 45.9 Å². The van der Waals surface area contributed by atoms with Crippen molar-refractivity contribution in [1.29, 1.82) is 0 Å². The van der Waals surface area contributed by atoms with Gasteiger partial charge in [-0.2, -0.15) is 0 Å². The van der Waals surface area contributed by atoms with Crippen LogP contribution in [0.15, 0.2) is 18.2 Å². The summed E-state index contributed by atoms with van der Waals surface area (Å²) >= 11 is 0. The van der Waals surface area contributed by atoms with Crippen molar-refractivity contribution < 1.29 is 87.5 Å². The quantitative estimate of drug-likeness (QED) is 0.220. The van der Waals surface area contributed by atoms with Gasteiger partial charge in [-0.15, -0.1) is 0 Å². The van der Waals surface area contributed by atoms with Gasteiger partial charge in [-0.3, -0.25) is 0 Å². The topological polar surface area (TPSA) is 98.7 Å². The van der Waals surface area contributed by atoms with Crippen molar-refractivity contribution in [3.05, 3.63) is 29.3 Å². The molecule has 6 nitrogen and oxygen atoms in total. The first-order valence-corrected chi connectivity index (χ1v) is 8.08. The molecule has 0 unspecified atom stereocenters. The molecule has 1 aromatic carbocycles. The molecule has 1 rings (SSSR count). The second kappa shape index (κ2) is 11.4. The number of phosphoric acid groups is 1. The van der Waals surface area contributed by atoms with E-state index in [-0.39, 0.29) is 71.0 Å². The summed E-state index contributed by atoms with van der Waals surface area (Å²) in [5.74, 6) is -0.269. The number of hydrogen-bond acceptors (Lipinski definition) is 6. The van der Waals surface area contributed by atoms with Crippen LogP contribution in [0, 0.1) is 0 Å². The first kappa shape index (κ1) is 26.0. The SMILES string of the molecule is CC(C)c1cccc(C(C)C)c1OC(=O)COP(=O)([O-])[O-].[Na+].[Na+]. The normalized spacial score (nSPS) is 11.0. The molecule has 0 spiro atoms. The van der Waals surface area contributed by atoms with E-state index in [1.807, 2.05) is 45.9 Å². The Morgan fingerprint density at radius 1 is 1.09 bits per heavy atom. The van der Waals surface area contributed by atoms with Gasteiger partial charge < -0.3 is 23.6 Å². The van der Waals surface area contributed by atoms with Crippen LogP contribution in [-0.4, -0.2) is 12.6 Å². The van der Waals surface area contributed by atoms with Crippen molar-refractivity contribution in [2.45, 2.75) is 39.5 Å². The van der Waals surface area contributed by atoms with Gasteiger partial charge in [0.15, 0.2) is 0 Å². The molecule has 0 saturated carbocycles. The van der Waals surface area contributed by atoms with Crippen molar-refractivity contribution in [3.8, 4) is 5.75 Å². The van der Waals surface area contributed by atoms with Gasteiger partial charge in [0, 0.05) is 0 Å². The van der Waals surface area contributed by atoms with Gasteiger partial charge in [0.2, 0.25) is 0 Å². The summed E-state index contributed by atoms with van der Waals surface area (Å²) in [6.07, 6.45) is 0. The van der Waals surface area contributed by atoms with E-state index in [1.54, 1.807) is 0 Å². The van der Waals surface area contributed by atoms with Crippen LogP contribution in [0.1, 0.15) is 50.7 Å². The molecule has 0 N–H and O–H groups in total. The Balaban J connectivity index is 0. The zero-order valence-electron chi connectivity index (χ0n) is 14.5. The van der Waals surface area contributed by atoms with Crippen molar-refractivity contribution in [2.75, 3.05) is 6.61 Å². The molecule has 0 heterocycles. The van der Waals surface area contributed by atoms with Crippen LogP contribution < -0.4 is 73.6 Å². The summed E-state index contributed by atoms with van der Waals surface area (Å²) in [5.41, 5.74) is 1.67. The first-order chi connectivity index (χ1) is 9.61. The second-order valence-corrected chi connectivity index (χ2v) is 6.42. The van der Waals surface area contributed by atoms with Crippen molar-refractivity contribution in [1.82, 2.24) is 0 Å². The number of phosphoric ester groups is 1. The van der Waals surface area contributed by atoms with Crippen LogP contribution >= 0.6 is 7.82 Å². The number of benzene rings is 1. The molecule has 0 radical (unpaired) electrons. The molecular weight excluding hydrogens is 341 g/mol. The average Bonchev–Trinajstić information content (AvgIpc) is 2.35. The molecular formula is C14H19Na2O6P. The fraction of sp³-hybridized carbons (Fsp3) is 0.500. The molecule has 0 saturated heterocycles. The third kappa shape index (κ3) is 9.17. The van der Waals surface area contributed by atoms with Gasteiger partial charge in [-0.05, 0) is 23.0 Å². The summed E-state index contributed by atoms with van der Waals surface area (Å²) in [6, 6.07) is 5.56. The summed E-state index contributed by atoms with van der Waals surface area (Å²) in [6.45, 7) is 6.90. The number of carbonyl (C=O) groups is 1. The van der Waals surface area contributed by atoms with E-state index >= 15 is 0 Å². The van der Waals surface area contributed by atoms with Crippen LogP contribution in [0.25, 0.3) is 0 Å². The van der Waals surface area contributed by atoms with Crippen molar-refractivity contribution in [3.63, 3.8) is 0 Å². The Morgan fingerprint density at radius 3 is 1.87 bits per heavy atom. The molecule has 23 heavy (non-hydrogen) atoms. The maximum Gasteiger partial charge on any atom is 1.00 e. The van der Waals surface area contributed by atoms with E-state index < -0.39 is 20.4 Å². The van der Waals surface area contributed by atoms with Crippen LogP contribution in [0.4, 0.5) is 0 Å². The molecule has 1 aromatic rings. The summed E-state index contributed by atoms with van der Waals surface area (Å²) in [7, 11) is -5.19. The number of hydrogen-bond donors (Lipinski definition) is 0. The largest absolute Gasteiger partial charge is 1.00 e. The van der Waals surface area contributed by atoms with Gasteiger partial charge in [0.25, 0.3) is 0 Å². The smallest absolute Gasteiger partial charge is 0.790 e. The number of carbonyl (C=O) groups excluding carboxylic acids is 1. The third-order valence-electron chi connectivity index (χ3n) is 2.88. The zero-order chi connectivity index (χ0) is 16.2.